The van der Waals surface area contributed by atoms with Crippen LogP contribution in [0.5, 0.6) is 17.2 Å². The van der Waals surface area contributed by atoms with Crippen LogP contribution in [0, 0.1) is 5.82 Å². The molecule has 0 saturated heterocycles. The summed E-state index contributed by atoms with van der Waals surface area (Å²) in [5, 5.41) is 18.3. The number of benzene rings is 3. The number of hydrogen-bond donors (Lipinski definition) is 2. The van der Waals surface area contributed by atoms with Gasteiger partial charge in [0.15, 0.2) is 18.1 Å². The number of rotatable bonds is 10. The number of hydrazone groups is 1. The first-order valence-corrected chi connectivity index (χ1v) is 13.4. The predicted molar refractivity (Wildman–Crippen MR) is 150 cm³/mol. The van der Waals surface area contributed by atoms with E-state index >= 15 is 0 Å². The van der Waals surface area contributed by atoms with Crippen molar-refractivity contribution in [3.63, 3.8) is 0 Å². The smallest absolute Gasteiger partial charge is 0.328 e. The molecule has 2 amide bonds. The fourth-order valence-corrected chi connectivity index (χ4v) is 5.26. The van der Waals surface area contributed by atoms with Crippen LogP contribution < -0.4 is 14.8 Å². The van der Waals surface area contributed by atoms with E-state index in [1.165, 1.54) is 55.3 Å². The van der Waals surface area contributed by atoms with Gasteiger partial charge in [0.2, 0.25) is 0 Å². The highest BCUT2D eigenvalue weighted by atomic mass is 32.2. The van der Waals surface area contributed by atoms with Crippen molar-refractivity contribution in [3.05, 3.63) is 89.2 Å². The monoisotopic (exact) mass is 581 g/mol. The van der Waals surface area contributed by atoms with E-state index in [9.17, 15) is 23.9 Å². The van der Waals surface area contributed by atoms with Crippen molar-refractivity contribution in [3.8, 4) is 17.2 Å². The molecule has 0 bridgehead atoms. The van der Waals surface area contributed by atoms with Crippen molar-refractivity contribution >= 4 is 34.6 Å². The molecule has 2 N–H and O–H groups in total. The van der Waals surface area contributed by atoms with Crippen LogP contribution in [0.25, 0.3) is 0 Å². The van der Waals surface area contributed by atoms with Crippen LogP contribution in [-0.4, -0.2) is 59.8 Å². The van der Waals surface area contributed by atoms with Gasteiger partial charge in [-0.1, -0.05) is 43.0 Å². The van der Waals surface area contributed by atoms with E-state index in [1.54, 1.807) is 49.4 Å². The zero-order chi connectivity index (χ0) is 29.5. The van der Waals surface area contributed by atoms with E-state index in [0.29, 0.717) is 22.6 Å². The second-order valence-corrected chi connectivity index (χ2v) is 9.84. The Morgan fingerprint density at radius 1 is 1.07 bits per heavy atom. The van der Waals surface area contributed by atoms with Crippen molar-refractivity contribution in [2.75, 3.05) is 20.8 Å². The van der Waals surface area contributed by atoms with Gasteiger partial charge in [0.25, 0.3) is 11.8 Å². The number of halogens is 1. The van der Waals surface area contributed by atoms with E-state index in [-0.39, 0.29) is 22.8 Å². The van der Waals surface area contributed by atoms with Crippen molar-refractivity contribution in [2.45, 2.75) is 24.8 Å². The van der Waals surface area contributed by atoms with Gasteiger partial charge in [0.1, 0.15) is 28.0 Å². The molecule has 1 aliphatic heterocycles. The molecular weight excluding hydrogens is 553 g/mol. The molecule has 2 atom stereocenters. The highest BCUT2D eigenvalue weighted by Crippen LogP contribution is 2.47. The Labute approximate surface area is 240 Å². The highest BCUT2D eigenvalue weighted by Gasteiger charge is 2.38. The molecule has 1 aliphatic rings. The lowest BCUT2D eigenvalue weighted by Crippen LogP contribution is -2.43. The van der Waals surface area contributed by atoms with Gasteiger partial charge in [0.05, 0.1) is 19.8 Å². The maximum Gasteiger partial charge on any atom is 0.328 e. The van der Waals surface area contributed by atoms with Gasteiger partial charge in [-0.3, -0.25) is 9.59 Å². The minimum atomic E-state index is -0.810. The molecular formula is C29H28FN3O7S. The highest BCUT2D eigenvalue weighted by molar-refractivity contribution is 8.14. The van der Waals surface area contributed by atoms with Crippen LogP contribution in [-0.2, 0) is 14.3 Å². The van der Waals surface area contributed by atoms with Crippen LogP contribution in [0.3, 0.4) is 0 Å². The fraction of sp³-hybridized carbons (Fsp3) is 0.241. The number of ether oxygens (including phenoxy) is 3. The summed E-state index contributed by atoms with van der Waals surface area (Å²) in [6.45, 7) is 1.32. The number of phenolic OH excluding ortho intramolecular Hbond substituents is 1. The number of amides is 2. The summed E-state index contributed by atoms with van der Waals surface area (Å²) >= 11 is 1.22. The molecule has 0 spiro atoms. The minimum absolute atomic E-state index is 0.0429. The molecule has 0 aliphatic carbocycles. The Bertz CT molecular complexity index is 1470. The molecule has 214 valence electrons. The lowest BCUT2D eigenvalue weighted by Gasteiger charge is -2.24. The molecule has 41 heavy (non-hydrogen) atoms. The number of hydrogen-bond acceptors (Lipinski definition) is 9. The van der Waals surface area contributed by atoms with Crippen LogP contribution in [0.15, 0.2) is 71.8 Å². The molecule has 12 heteroatoms. The second kappa shape index (κ2) is 13.2. The first-order valence-electron chi connectivity index (χ1n) is 12.6. The van der Waals surface area contributed by atoms with E-state index in [1.807, 2.05) is 0 Å². The predicted octanol–water partition coefficient (Wildman–Crippen LogP) is 4.24. The zero-order valence-electron chi connectivity index (χ0n) is 22.5. The van der Waals surface area contributed by atoms with Gasteiger partial charge in [0, 0.05) is 11.1 Å². The summed E-state index contributed by atoms with van der Waals surface area (Å²) in [5.74, 6) is -1.82. The normalized spacial score (nSPS) is 15.1. The van der Waals surface area contributed by atoms with E-state index in [2.05, 4.69) is 10.4 Å². The molecule has 1 heterocycles. The summed E-state index contributed by atoms with van der Waals surface area (Å²) < 4.78 is 29.7. The molecule has 10 nitrogen and oxygen atoms in total. The average Bonchev–Trinajstić information content (AvgIpc) is 3.43. The summed E-state index contributed by atoms with van der Waals surface area (Å²) in [7, 11) is 2.66. The van der Waals surface area contributed by atoms with Crippen LogP contribution in [0.1, 0.15) is 40.2 Å². The largest absolute Gasteiger partial charge is 0.507 e. The third kappa shape index (κ3) is 6.60. The Kier molecular flexibility index (Phi) is 9.45. The first kappa shape index (κ1) is 29.4. The molecule has 4 rings (SSSR count). The Balaban J connectivity index is 1.64. The maximum absolute atomic E-state index is 13.6. The number of aromatic hydroxyl groups is 1. The van der Waals surface area contributed by atoms with Crippen molar-refractivity contribution < 1.29 is 38.1 Å². The van der Waals surface area contributed by atoms with E-state index in [0.717, 1.165) is 0 Å². The molecule has 0 radical (unpaired) electrons. The minimum Gasteiger partial charge on any atom is -0.507 e. The summed E-state index contributed by atoms with van der Waals surface area (Å²) in [6.07, 6.45) is 0.341. The number of carbonyl (C=O) groups excluding carboxylic acids is 3. The Morgan fingerprint density at radius 2 is 1.80 bits per heavy atom. The topological polar surface area (TPSA) is 127 Å². The molecule has 0 aromatic heterocycles. The lowest BCUT2D eigenvalue weighted by molar-refractivity contribution is -0.145. The summed E-state index contributed by atoms with van der Waals surface area (Å²) in [4.78, 5) is 37.9. The van der Waals surface area contributed by atoms with Crippen molar-refractivity contribution in [2.24, 2.45) is 5.10 Å². The number of esters is 1. The quantitative estimate of drug-likeness (QED) is 0.341. The molecule has 0 fully saturated rings. The number of phenols is 1. The fourth-order valence-electron chi connectivity index (χ4n) is 4.08. The standard InChI is InChI=1S/C29H28FN3O7S/c1-4-21(29(37)39-3)31-24(35)16-40-23-11-7-9-20(25(23)38-2)28-33(27(36)19-8-5-6-10-22(19)34)32-26(41-28)17-12-14-18(30)15-13-17/h5-15,21,28,34H,4,16H2,1-3H3,(H,31,35)/t21-,28?/m0/s1. The third-order valence-electron chi connectivity index (χ3n) is 6.15. The first-order chi connectivity index (χ1) is 19.8. The van der Waals surface area contributed by atoms with Crippen molar-refractivity contribution in [1.82, 2.24) is 10.3 Å². The van der Waals surface area contributed by atoms with Gasteiger partial charge < -0.3 is 24.6 Å². The maximum atomic E-state index is 13.6. The van der Waals surface area contributed by atoms with Gasteiger partial charge in [-0.05, 0) is 48.9 Å². The molecule has 0 saturated carbocycles. The number of para-hydroxylation sites is 2. The molecule has 3 aromatic rings. The van der Waals surface area contributed by atoms with Gasteiger partial charge in [-0.25, -0.2) is 14.2 Å². The zero-order valence-corrected chi connectivity index (χ0v) is 23.3. The van der Waals surface area contributed by atoms with Gasteiger partial charge in [-0.15, -0.1) is 0 Å². The van der Waals surface area contributed by atoms with Crippen LogP contribution in [0.4, 0.5) is 4.39 Å². The number of thioether (sulfide) groups is 1. The van der Waals surface area contributed by atoms with Gasteiger partial charge >= 0.3 is 5.97 Å². The lowest BCUT2D eigenvalue weighted by atomic mass is 10.1. The molecule has 1 unspecified atom stereocenters. The van der Waals surface area contributed by atoms with E-state index < -0.39 is 41.6 Å². The Hall–Kier alpha value is -4.58. The number of nitrogens with one attached hydrogen (secondary N) is 1. The SMILES string of the molecule is CC[C@H](NC(=O)COc1cccc(C2SC(c3ccc(F)cc3)=NN2C(=O)c2ccccc2O)c1OC)C(=O)OC. The summed E-state index contributed by atoms with van der Waals surface area (Å²) in [6, 6.07) is 16.0. The summed E-state index contributed by atoms with van der Waals surface area (Å²) in [5.41, 5.74) is 1.13. The van der Waals surface area contributed by atoms with Crippen molar-refractivity contribution in [1.29, 1.82) is 0 Å². The van der Waals surface area contributed by atoms with Crippen LogP contribution in [0.2, 0.25) is 0 Å². The molecule has 3 aromatic carbocycles. The second-order valence-electron chi connectivity index (χ2n) is 8.77. The average molecular weight is 582 g/mol. The number of nitrogens with zero attached hydrogens (tertiary/aromatic N) is 2. The van der Waals surface area contributed by atoms with Crippen LogP contribution >= 0.6 is 11.8 Å². The number of carbonyl (C=O) groups is 3. The number of methoxy groups -OCH3 is 2. The third-order valence-corrected chi connectivity index (χ3v) is 7.36. The Morgan fingerprint density at radius 3 is 2.46 bits per heavy atom. The van der Waals surface area contributed by atoms with Gasteiger partial charge in [-0.2, -0.15) is 5.10 Å². The van der Waals surface area contributed by atoms with E-state index in [4.69, 9.17) is 14.2 Å².